The summed E-state index contributed by atoms with van der Waals surface area (Å²) in [6.07, 6.45) is 1.67. The molecular weight excluding hydrogens is 290 g/mol. The third-order valence-electron chi connectivity index (χ3n) is 3.51. The molecule has 0 saturated heterocycles. The number of aliphatic hydroxyl groups is 1. The first-order chi connectivity index (χ1) is 11.0. The molecule has 6 heteroatoms. The normalized spacial score (nSPS) is 11.7. The number of rotatable bonds is 3. The first-order valence-electron chi connectivity index (χ1n) is 7.46. The molecule has 23 heavy (non-hydrogen) atoms. The molecule has 1 aromatic carbocycles. The summed E-state index contributed by atoms with van der Waals surface area (Å²) in [7, 11) is 0. The highest BCUT2D eigenvalue weighted by Gasteiger charge is 2.19. The maximum atomic E-state index is 9.54. The Balaban J connectivity index is 2.14. The summed E-state index contributed by atoms with van der Waals surface area (Å²) in [6, 6.07) is 11.6. The van der Waals surface area contributed by atoms with Gasteiger partial charge in [0.05, 0.1) is 17.8 Å². The number of nitrogens with zero attached hydrogens (tertiary/aromatic N) is 5. The summed E-state index contributed by atoms with van der Waals surface area (Å²) in [6.45, 7) is 5.95. The minimum absolute atomic E-state index is 0.118. The highest BCUT2D eigenvalue weighted by Crippen LogP contribution is 2.31. The summed E-state index contributed by atoms with van der Waals surface area (Å²) < 4.78 is 0. The third kappa shape index (κ3) is 2.98. The second kappa shape index (κ2) is 5.89. The van der Waals surface area contributed by atoms with E-state index in [1.165, 1.54) is 0 Å². The first kappa shape index (κ1) is 15.3. The zero-order valence-electron chi connectivity index (χ0n) is 13.4. The van der Waals surface area contributed by atoms with Gasteiger partial charge in [0.15, 0.2) is 0 Å². The van der Waals surface area contributed by atoms with Gasteiger partial charge in [0.25, 0.3) is 0 Å². The van der Waals surface area contributed by atoms with Crippen LogP contribution in [0.2, 0.25) is 0 Å². The van der Waals surface area contributed by atoms with E-state index in [-0.39, 0.29) is 12.1 Å². The van der Waals surface area contributed by atoms with E-state index < -0.39 is 0 Å². The van der Waals surface area contributed by atoms with E-state index in [0.717, 1.165) is 16.7 Å². The second-order valence-electron chi connectivity index (χ2n) is 6.27. The van der Waals surface area contributed by atoms with Gasteiger partial charge in [0.1, 0.15) is 0 Å². The van der Waals surface area contributed by atoms with Crippen molar-refractivity contribution in [3.63, 3.8) is 0 Å². The van der Waals surface area contributed by atoms with Crippen molar-refractivity contribution < 1.29 is 5.11 Å². The molecule has 0 unspecified atom stereocenters. The number of pyridine rings is 1. The van der Waals surface area contributed by atoms with Crippen molar-refractivity contribution in [1.82, 2.24) is 25.2 Å². The van der Waals surface area contributed by atoms with E-state index in [9.17, 15) is 5.11 Å². The fourth-order valence-corrected chi connectivity index (χ4v) is 2.33. The number of aromatic nitrogens is 5. The van der Waals surface area contributed by atoms with E-state index in [1.807, 2.05) is 57.2 Å². The molecule has 2 aromatic heterocycles. The van der Waals surface area contributed by atoms with E-state index in [2.05, 4.69) is 20.4 Å². The van der Waals surface area contributed by atoms with Crippen LogP contribution in [0.4, 0.5) is 0 Å². The molecule has 0 spiro atoms. The van der Waals surface area contributed by atoms with Crippen LogP contribution in [-0.4, -0.2) is 30.3 Å². The van der Waals surface area contributed by atoms with Crippen molar-refractivity contribution in [2.45, 2.75) is 32.9 Å². The predicted molar refractivity (Wildman–Crippen MR) is 87.4 cm³/mol. The van der Waals surface area contributed by atoms with Crippen LogP contribution in [0.25, 0.3) is 22.5 Å². The maximum Gasteiger partial charge on any atom is 0.205 e. The number of hydrogen-bond donors (Lipinski definition) is 1. The highest BCUT2D eigenvalue weighted by molar-refractivity contribution is 5.81. The Kier molecular flexibility index (Phi) is 3.92. The van der Waals surface area contributed by atoms with Crippen LogP contribution in [0, 0.1) is 0 Å². The molecule has 2 heterocycles. The van der Waals surface area contributed by atoms with Gasteiger partial charge in [-0.1, -0.05) is 30.3 Å². The summed E-state index contributed by atoms with van der Waals surface area (Å²) in [5.74, 6) is 0.559. The average molecular weight is 309 g/mol. The van der Waals surface area contributed by atoms with Gasteiger partial charge in [-0.2, -0.15) is 4.80 Å². The molecule has 0 aliphatic heterocycles. The Hall–Kier alpha value is -2.60. The van der Waals surface area contributed by atoms with E-state index in [4.69, 9.17) is 0 Å². The fourth-order valence-electron chi connectivity index (χ4n) is 2.33. The van der Waals surface area contributed by atoms with Crippen molar-refractivity contribution in [3.05, 3.63) is 48.3 Å². The van der Waals surface area contributed by atoms with Crippen LogP contribution >= 0.6 is 0 Å². The summed E-state index contributed by atoms with van der Waals surface area (Å²) in [4.78, 5) is 5.85. The lowest BCUT2D eigenvalue weighted by Gasteiger charge is -2.15. The van der Waals surface area contributed by atoms with Gasteiger partial charge in [0, 0.05) is 17.3 Å². The third-order valence-corrected chi connectivity index (χ3v) is 3.51. The second-order valence-corrected chi connectivity index (χ2v) is 6.27. The summed E-state index contributed by atoms with van der Waals surface area (Å²) in [5.41, 5.74) is 3.06. The molecular formula is C17H19N5O. The number of hydrogen-bond acceptors (Lipinski definition) is 5. The Bertz CT molecular complexity index is 820. The SMILES string of the molecule is CC(C)(C)n1nnc(-c2ccccc2-c2cccnc2CO)n1. The monoisotopic (exact) mass is 309 g/mol. The Labute approximate surface area is 134 Å². The fraction of sp³-hybridized carbons (Fsp3) is 0.294. The standard InChI is InChI=1S/C17H19N5O/c1-17(2,3)22-20-16(19-21-22)14-8-5-4-7-12(14)13-9-6-10-18-15(13)11-23/h4-10,23H,11H2,1-3H3. The van der Waals surface area contributed by atoms with Gasteiger partial charge >= 0.3 is 0 Å². The van der Waals surface area contributed by atoms with Crippen LogP contribution in [0.15, 0.2) is 42.6 Å². The first-order valence-corrected chi connectivity index (χ1v) is 7.46. The van der Waals surface area contributed by atoms with Gasteiger partial charge in [-0.05, 0) is 37.6 Å². The van der Waals surface area contributed by atoms with E-state index >= 15 is 0 Å². The zero-order chi connectivity index (χ0) is 16.4. The van der Waals surface area contributed by atoms with Crippen molar-refractivity contribution in [1.29, 1.82) is 0 Å². The summed E-state index contributed by atoms with van der Waals surface area (Å²) in [5, 5.41) is 22.4. The molecule has 0 bridgehead atoms. The number of benzene rings is 1. The summed E-state index contributed by atoms with van der Waals surface area (Å²) >= 11 is 0. The van der Waals surface area contributed by atoms with Crippen LogP contribution < -0.4 is 0 Å². The molecule has 0 fully saturated rings. The predicted octanol–water partition coefficient (Wildman–Crippen LogP) is 2.65. The maximum absolute atomic E-state index is 9.54. The molecule has 0 saturated carbocycles. The topological polar surface area (TPSA) is 76.7 Å². The smallest absolute Gasteiger partial charge is 0.205 e. The van der Waals surface area contributed by atoms with E-state index in [1.54, 1.807) is 11.0 Å². The van der Waals surface area contributed by atoms with Crippen molar-refractivity contribution in [3.8, 4) is 22.5 Å². The molecule has 0 aliphatic carbocycles. The molecule has 1 N–H and O–H groups in total. The van der Waals surface area contributed by atoms with Gasteiger partial charge in [-0.3, -0.25) is 4.98 Å². The minimum atomic E-state index is -0.231. The average Bonchev–Trinajstić information content (AvgIpc) is 3.05. The Morgan fingerprint density at radius 1 is 1.00 bits per heavy atom. The lowest BCUT2D eigenvalue weighted by Crippen LogP contribution is -2.24. The van der Waals surface area contributed by atoms with Crippen LogP contribution in [-0.2, 0) is 12.1 Å². The van der Waals surface area contributed by atoms with Crippen molar-refractivity contribution >= 4 is 0 Å². The molecule has 118 valence electrons. The van der Waals surface area contributed by atoms with Crippen LogP contribution in [0.3, 0.4) is 0 Å². The van der Waals surface area contributed by atoms with Gasteiger partial charge in [-0.25, -0.2) is 0 Å². The molecule has 0 radical (unpaired) electrons. The molecule has 0 amide bonds. The minimum Gasteiger partial charge on any atom is -0.390 e. The quantitative estimate of drug-likeness (QED) is 0.805. The van der Waals surface area contributed by atoms with Gasteiger partial charge < -0.3 is 5.11 Å². The van der Waals surface area contributed by atoms with Crippen molar-refractivity contribution in [2.24, 2.45) is 0 Å². The Morgan fingerprint density at radius 2 is 1.70 bits per heavy atom. The van der Waals surface area contributed by atoms with E-state index in [0.29, 0.717) is 11.5 Å². The number of aliphatic hydroxyl groups excluding tert-OH is 1. The van der Waals surface area contributed by atoms with Crippen LogP contribution in [0.1, 0.15) is 26.5 Å². The lowest BCUT2D eigenvalue weighted by molar-refractivity contribution is 0.277. The largest absolute Gasteiger partial charge is 0.390 e. The van der Waals surface area contributed by atoms with Crippen molar-refractivity contribution in [2.75, 3.05) is 0 Å². The Morgan fingerprint density at radius 3 is 2.35 bits per heavy atom. The number of tetrazole rings is 1. The molecule has 0 atom stereocenters. The molecule has 3 aromatic rings. The van der Waals surface area contributed by atoms with Gasteiger partial charge in [0.2, 0.25) is 5.82 Å². The molecule has 0 aliphatic rings. The van der Waals surface area contributed by atoms with Gasteiger partial charge in [-0.15, -0.1) is 10.2 Å². The molecule has 3 rings (SSSR count). The highest BCUT2D eigenvalue weighted by atomic mass is 16.3. The van der Waals surface area contributed by atoms with Crippen LogP contribution in [0.5, 0.6) is 0 Å². The zero-order valence-corrected chi connectivity index (χ0v) is 13.4. The molecule has 6 nitrogen and oxygen atoms in total. The lowest BCUT2D eigenvalue weighted by atomic mass is 9.98.